The molecule has 1 N–H and O–H groups in total. The van der Waals surface area contributed by atoms with Crippen molar-refractivity contribution in [2.45, 2.75) is 32.8 Å². The molecule has 0 aliphatic carbocycles. The lowest BCUT2D eigenvalue weighted by Gasteiger charge is -2.19. The lowest BCUT2D eigenvalue weighted by atomic mass is 9.95. The van der Waals surface area contributed by atoms with E-state index in [-0.39, 0.29) is 17.1 Å². The molecule has 1 aromatic rings. The van der Waals surface area contributed by atoms with E-state index in [1.54, 1.807) is 11.0 Å². The van der Waals surface area contributed by atoms with Crippen LogP contribution in [0, 0.1) is 0 Å². The van der Waals surface area contributed by atoms with Gasteiger partial charge >= 0.3 is 6.09 Å². The average molecular weight is 374 g/mol. The number of hydrogen-bond donors (Lipinski definition) is 1. The van der Waals surface area contributed by atoms with Crippen LogP contribution in [0.4, 0.5) is 10.5 Å². The first kappa shape index (κ1) is 18.5. The molecule has 0 unspecified atom stereocenters. The lowest BCUT2D eigenvalue weighted by Crippen LogP contribution is -2.33. The number of nitrogens with one attached hydrogen (secondary N) is 1. The van der Waals surface area contributed by atoms with Crippen LogP contribution in [0.25, 0.3) is 5.57 Å². The van der Waals surface area contributed by atoms with Crippen LogP contribution in [0.2, 0.25) is 0 Å². The number of nitrogens with zero attached hydrogens (tertiary/aromatic N) is 1. The van der Waals surface area contributed by atoms with Crippen LogP contribution in [-0.2, 0) is 20.7 Å². The van der Waals surface area contributed by atoms with Gasteiger partial charge in [-0.3, -0.25) is 14.5 Å². The quantitative estimate of drug-likeness (QED) is 0.858. The molecule has 0 spiro atoms. The Hall–Kier alpha value is -2.28. The van der Waals surface area contributed by atoms with E-state index in [2.05, 4.69) is 12.2 Å². The van der Waals surface area contributed by atoms with Gasteiger partial charge in [0.15, 0.2) is 0 Å². The summed E-state index contributed by atoms with van der Waals surface area (Å²) in [5.41, 5.74) is 4.02. The minimum atomic E-state index is -0.404. The zero-order valence-corrected chi connectivity index (χ0v) is 15.7. The van der Waals surface area contributed by atoms with E-state index in [1.165, 1.54) is 18.7 Å². The minimum absolute atomic E-state index is 0.0984. The fraction of sp³-hybridized carbons (Fsp3) is 0.421. The van der Waals surface area contributed by atoms with Crippen molar-refractivity contribution in [2.75, 3.05) is 23.7 Å². The molecule has 1 fully saturated rings. The molecule has 1 atom stereocenters. The highest BCUT2D eigenvalue weighted by Crippen LogP contribution is 2.32. The summed E-state index contributed by atoms with van der Waals surface area (Å²) >= 11 is 1.35. The van der Waals surface area contributed by atoms with E-state index in [4.69, 9.17) is 4.74 Å². The molecule has 26 heavy (non-hydrogen) atoms. The Morgan fingerprint density at radius 3 is 2.88 bits per heavy atom. The second-order valence-electron chi connectivity index (χ2n) is 6.34. The zero-order valence-electron chi connectivity index (χ0n) is 14.9. The van der Waals surface area contributed by atoms with Crippen LogP contribution in [0.3, 0.4) is 0 Å². The second-order valence-corrected chi connectivity index (χ2v) is 7.43. The van der Waals surface area contributed by atoms with Gasteiger partial charge in [0.2, 0.25) is 11.0 Å². The molecule has 138 valence electrons. The maximum Gasteiger partial charge on any atom is 0.414 e. The van der Waals surface area contributed by atoms with Gasteiger partial charge in [-0.1, -0.05) is 24.8 Å². The molecule has 0 aromatic heterocycles. The number of aryl methyl sites for hydroxylation is 1. The monoisotopic (exact) mass is 374 g/mol. The smallest absolute Gasteiger partial charge is 0.414 e. The number of carbonyl (C=O) groups is 3. The first-order chi connectivity index (χ1) is 12.5. The number of ether oxygens (including phenoxy) is 1. The van der Waals surface area contributed by atoms with Gasteiger partial charge in [0.25, 0.3) is 0 Å². The number of thioether (sulfide) groups is 1. The van der Waals surface area contributed by atoms with Crippen molar-refractivity contribution in [1.29, 1.82) is 0 Å². The van der Waals surface area contributed by atoms with Crippen LogP contribution >= 0.6 is 11.8 Å². The normalized spacial score (nSPS) is 20.0. The highest BCUT2D eigenvalue weighted by atomic mass is 32.2. The summed E-state index contributed by atoms with van der Waals surface area (Å²) in [7, 11) is 0. The standard InChI is InChI=1S/C19H22N2O4S/c1-3-13-8-15(4-5-17(13)14-6-7-26-18(23)9-14)21-11-16(25-19(21)24)10-20-12(2)22/h4-5,8-9,16H,3,6-7,10-11H2,1-2H3,(H,20,22)/t16-/m0/s1. The summed E-state index contributed by atoms with van der Waals surface area (Å²) in [5, 5.41) is 2.77. The third-order valence-electron chi connectivity index (χ3n) is 4.49. The summed E-state index contributed by atoms with van der Waals surface area (Å²) in [4.78, 5) is 36.5. The van der Waals surface area contributed by atoms with Gasteiger partial charge in [0.1, 0.15) is 6.10 Å². The molecule has 1 saturated heterocycles. The largest absolute Gasteiger partial charge is 0.442 e. The van der Waals surface area contributed by atoms with Crippen molar-refractivity contribution >= 4 is 40.1 Å². The van der Waals surface area contributed by atoms with Crippen molar-refractivity contribution in [3.05, 3.63) is 35.4 Å². The number of hydrogen-bond acceptors (Lipinski definition) is 5. The average Bonchev–Trinajstić information content (AvgIpc) is 3.00. The van der Waals surface area contributed by atoms with Crippen LogP contribution in [0.15, 0.2) is 24.3 Å². The molecule has 6 nitrogen and oxygen atoms in total. The SMILES string of the molecule is CCc1cc(N2C[C@H](CNC(C)=O)OC2=O)ccc1C1=CC(=O)SCC1. The fourth-order valence-electron chi connectivity index (χ4n) is 3.18. The molecule has 2 heterocycles. The second kappa shape index (κ2) is 7.95. The molecular weight excluding hydrogens is 352 g/mol. The van der Waals surface area contributed by atoms with E-state index >= 15 is 0 Å². The molecule has 0 bridgehead atoms. The van der Waals surface area contributed by atoms with Crippen LogP contribution in [0.1, 0.15) is 31.4 Å². The Balaban J connectivity index is 1.80. The van der Waals surface area contributed by atoms with Crippen molar-refractivity contribution < 1.29 is 19.1 Å². The molecule has 1 aromatic carbocycles. The van der Waals surface area contributed by atoms with E-state index in [1.807, 2.05) is 18.2 Å². The number of cyclic esters (lactones) is 1. The molecule has 0 radical (unpaired) electrons. The van der Waals surface area contributed by atoms with Crippen LogP contribution < -0.4 is 10.2 Å². The number of rotatable bonds is 5. The highest BCUT2D eigenvalue weighted by Gasteiger charge is 2.32. The summed E-state index contributed by atoms with van der Waals surface area (Å²) < 4.78 is 5.33. The predicted octanol–water partition coefficient (Wildman–Crippen LogP) is 2.76. The number of benzene rings is 1. The molecule has 3 rings (SSSR count). The van der Waals surface area contributed by atoms with Gasteiger partial charge in [-0.15, -0.1) is 0 Å². The number of allylic oxidation sites excluding steroid dienone is 1. The predicted molar refractivity (Wildman–Crippen MR) is 102 cm³/mol. The van der Waals surface area contributed by atoms with Crippen molar-refractivity contribution in [2.24, 2.45) is 0 Å². The number of carbonyl (C=O) groups excluding carboxylic acids is 3. The third-order valence-corrected chi connectivity index (χ3v) is 5.30. The van der Waals surface area contributed by atoms with E-state index in [0.29, 0.717) is 13.1 Å². The summed E-state index contributed by atoms with van der Waals surface area (Å²) in [6.45, 7) is 4.21. The van der Waals surface area contributed by atoms with Gasteiger partial charge < -0.3 is 10.1 Å². The van der Waals surface area contributed by atoms with E-state index in [0.717, 1.165) is 41.0 Å². The Kier molecular flexibility index (Phi) is 5.66. The van der Waals surface area contributed by atoms with Gasteiger partial charge in [-0.2, -0.15) is 0 Å². The minimum Gasteiger partial charge on any atom is -0.442 e. The van der Waals surface area contributed by atoms with Gasteiger partial charge in [-0.05, 0) is 47.8 Å². The number of amides is 2. The summed E-state index contributed by atoms with van der Waals surface area (Å²) in [5.74, 6) is 0.657. The van der Waals surface area contributed by atoms with Gasteiger partial charge in [0, 0.05) is 18.4 Å². The van der Waals surface area contributed by atoms with Crippen LogP contribution in [-0.4, -0.2) is 42.1 Å². The first-order valence-electron chi connectivity index (χ1n) is 8.71. The van der Waals surface area contributed by atoms with Crippen molar-refractivity contribution in [1.82, 2.24) is 5.32 Å². The third kappa shape index (κ3) is 4.09. The molecule has 0 saturated carbocycles. The van der Waals surface area contributed by atoms with Crippen molar-refractivity contribution in [3.8, 4) is 0 Å². The topological polar surface area (TPSA) is 75.7 Å². The molecule has 2 aliphatic heterocycles. The van der Waals surface area contributed by atoms with E-state index < -0.39 is 6.09 Å². The number of anilines is 1. The Labute approximate surface area is 157 Å². The summed E-state index contributed by atoms with van der Waals surface area (Å²) in [6, 6.07) is 5.87. The fourth-order valence-corrected chi connectivity index (χ4v) is 3.93. The first-order valence-corrected chi connectivity index (χ1v) is 9.69. The Bertz CT molecular complexity index is 775. The molecule has 2 amide bonds. The maximum absolute atomic E-state index is 12.2. The van der Waals surface area contributed by atoms with Gasteiger partial charge in [0.05, 0.1) is 13.1 Å². The lowest BCUT2D eigenvalue weighted by molar-refractivity contribution is -0.119. The Morgan fingerprint density at radius 2 is 2.19 bits per heavy atom. The molecule has 7 heteroatoms. The highest BCUT2D eigenvalue weighted by molar-refractivity contribution is 8.14. The van der Waals surface area contributed by atoms with Crippen molar-refractivity contribution in [3.63, 3.8) is 0 Å². The molecular formula is C19H22N2O4S. The molecule has 2 aliphatic rings. The zero-order chi connectivity index (χ0) is 18.7. The Morgan fingerprint density at radius 1 is 1.38 bits per heavy atom. The maximum atomic E-state index is 12.2. The summed E-state index contributed by atoms with van der Waals surface area (Å²) in [6.07, 6.45) is 2.63. The van der Waals surface area contributed by atoms with E-state index in [9.17, 15) is 14.4 Å². The van der Waals surface area contributed by atoms with Crippen LogP contribution in [0.5, 0.6) is 0 Å². The van der Waals surface area contributed by atoms with Gasteiger partial charge in [-0.25, -0.2) is 4.79 Å².